The second-order valence-electron chi connectivity index (χ2n) is 7.54. The number of aromatic nitrogens is 2. The van der Waals surface area contributed by atoms with Crippen molar-refractivity contribution in [3.05, 3.63) is 47.3 Å². The SMILES string of the molecule is COc1ccc(CN2CCCC(c3cc(C(=O)N4CCOCC4)n[nH]3)C2)cc1. The van der Waals surface area contributed by atoms with Gasteiger partial charge in [0.1, 0.15) is 11.4 Å². The van der Waals surface area contributed by atoms with Crippen LogP contribution in [0.1, 0.15) is 40.5 Å². The summed E-state index contributed by atoms with van der Waals surface area (Å²) < 4.78 is 10.6. The van der Waals surface area contributed by atoms with E-state index in [9.17, 15) is 4.79 Å². The molecule has 1 aromatic carbocycles. The predicted molar refractivity (Wildman–Crippen MR) is 106 cm³/mol. The molecule has 0 aliphatic carbocycles. The maximum Gasteiger partial charge on any atom is 0.274 e. The van der Waals surface area contributed by atoms with Crippen LogP contribution < -0.4 is 4.74 Å². The van der Waals surface area contributed by atoms with Crippen molar-refractivity contribution in [2.45, 2.75) is 25.3 Å². The number of hydrogen-bond acceptors (Lipinski definition) is 5. The lowest BCUT2D eigenvalue weighted by molar-refractivity contribution is 0.0299. The van der Waals surface area contributed by atoms with Crippen molar-refractivity contribution >= 4 is 5.91 Å². The van der Waals surface area contributed by atoms with Crippen LogP contribution in [0, 0.1) is 0 Å². The van der Waals surface area contributed by atoms with Gasteiger partial charge in [-0.15, -0.1) is 0 Å². The predicted octanol–water partition coefficient (Wildman–Crippen LogP) is 2.27. The fraction of sp³-hybridized carbons (Fsp3) is 0.524. The van der Waals surface area contributed by atoms with Gasteiger partial charge in [-0.2, -0.15) is 5.10 Å². The summed E-state index contributed by atoms with van der Waals surface area (Å²) in [6.45, 7) is 5.47. The fourth-order valence-corrected chi connectivity index (χ4v) is 4.03. The molecule has 4 rings (SSSR count). The first-order chi connectivity index (χ1) is 13.7. The highest BCUT2D eigenvalue weighted by Gasteiger charge is 2.26. The summed E-state index contributed by atoms with van der Waals surface area (Å²) in [7, 11) is 1.69. The lowest BCUT2D eigenvalue weighted by Crippen LogP contribution is -2.40. The Morgan fingerprint density at radius 3 is 2.79 bits per heavy atom. The molecule has 7 heteroatoms. The fourth-order valence-electron chi connectivity index (χ4n) is 4.03. The van der Waals surface area contributed by atoms with Gasteiger partial charge in [0.05, 0.1) is 20.3 Å². The number of carbonyl (C=O) groups excluding carboxylic acids is 1. The van der Waals surface area contributed by atoms with E-state index in [0.29, 0.717) is 37.9 Å². The van der Waals surface area contributed by atoms with E-state index in [-0.39, 0.29) is 5.91 Å². The molecule has 1 atom stereocenters. The zero-order valence-corrected chi connectivity index (χ0v) is 16.4. The number of likely N-dealkylation sites (tertiary alicyclic amines) is 1. The zero-order chi connectivity index (χ0) is 19.3. The smallest absolute Gasteiger partial charge is 0.274 e. The molecular formula is C21H28N4O3. The van der Waals surface area contributed by atoms with Crippen molar-refractivity contribution in [1.29, 1.82) is 0 Å². The zero-order valence-electron chi connectivity index (χ0n) is 16.4. The highest BCUT2D eigenvalue weighted by Crippen LogP contribution is 2.27. The van der Waals surface area contributed by atoms with Crippen LogP contribution in [-0.2, 0) is 11.3 Å². The molecule has 2 aliphatic rings. The van der Waals surface area contributed by atoms with Crippen molar-refractivity contribution < 1.29 is 14.3 Å². The van der Waals surface area contributed by atoms with E-state index < -0.39 is 0 Å². The van der Waals surface area contributed by atoms with E-state index in [1.165, 1.54) is 5.56 Å². The minimum atomic E-state index is -0.00306. The molecule has 28 heavy (non-hydrogen) atoms. The van der Waals surface area contributed by atoms with Crippen LogP contribution >= 0.6 is 0 Å². The van der Waals surface area contributed by atoms with Gasteiger partial charge in [0.15, 0.2) is 0 Å². The van der Waals surface area contributed by atoms with Gasteiger partial charge < -0.3 is 14.4 Å². The molecule has 0 radical (unpaired) electrons. The standard InChI is InChI=1S/C21H28N4O3/c1-27-18-6-4-16(5-7-18)14-24-8-2-3-17(15-24)19-13-20(23-22-19)21(26)25-9-11-28-12-10-25/h4-7,13,17H,2-3,8-12,14-15H2,1H3,(H,22,23). The molecule has 2 aliphatic heterocycles. The molecule has 2 saturated heterocycles. The number of piperidine rings is 1. The number of hydrogen-bond donors (Lipinski definition) is 1. The van der Waals surface area contributed by atoms with Crippen LogP contribution in [0.25, 0.3) is 0 Å². The second kappa shape index (κ2) is 8.75. The van der Waals surface area contributed by atoms with Gasteiger partial charge in [-0.3, -0.25) is 14.8 Å². The van der Waals surface area contributed by atoms with Gasteiger partial charge >= 0.3 is 0 Å². The number of nitrogens with zero attached hydrogens (tertiary/aromatic N) is 3. The summed E-state index contributed by atoms with van der Waals surface area (Å²) >= 11 is 0. The highest BCUT2D eigenvalue weighted by molar-refractivity contribution is 5.92. The van der Waals surface area contributed by atoms with E-state index in [1.807, 2.05) is 23.1 Å². The summed E-state index contributed by atoms with van der Waals surface area (Å²) in [5.74, 6) is 1.26. The molecular weight excluding hydrogens is 356 g/mol. The van der Waals surface area contributed by atoms with Gasteiger partial charge in [-0.1, -0.05) is 12.1 Å². The molecule has 0 bridgehead atoms. The van der Waals surface area contributed by atoms with Crippen LogP contribution in [-0.4, -0.2) is 72.4 Å². The summed E-state index contributed by atoms with van der Waals surface area (Å²) in [6, 6.07) is 10.2. The first kappa shape index (κ1) is 19.0. The Bertz CT molecular complexity index is 783. The number of benzene rings is 1. The Hall–Kier alpha value is -2.38. The molecule has 1 aromatic heterocycles. The molecule has 1 unspecified atom stereocenters. The number of rotatable bonds is 5. The molecule has 1 N–H and O–H groups in total. The lowest BCUT2D eigenvalue weighted by atomic mass is 9.94. The number of morpholine rings is 1. The van der Waals surface area contributed by atoms with Crippen molar-refractivity contribution in [1.82, 2.24) is 20.0 Å². The van der Waals surface area contributed by atoms with E-state index in [0.717, 1.165) is 43.9 Å². The summed E-state index contributed by atoms with van der Waals surface area (Å²) in [5, 5.41) is 7.43. The van der Waals surface area contributed by atoms with Gasteiger partial charge in [-0.25, -0.2) is 0 Å². The largest absolute Gasteiger partial charge is 0.497 e. The van der Waals surface area contributed by atoms with E-state index in [1.54, 1.807) is 7.11 Å². The van der Waals surface area contributed by atoms with Crippen LogP contribution in [0.4, 0.5) is 0 Å². The summed E-state index contributed by atoms with van der Waals surface area (Å²) in [4.78, 5) is 16.9. The molecule has 7 nitrogen and oxygen atoms in total. The molecule has 150 valence electrons. The van der Waals surface area contributed by atoms with Crippen LogP contribution in [0.5, 0.6) is 5.75 Å². The van der Waals surface area contributed by atoms with E-state index >= 15 is 0 Å². The molecule has 2 aromatic rings. The monoisotopic (exact) mass is 384 g/mol. The van der Waals surface area contributed by atoms with Crippen molar-refractivity contribution in [3.63, 3.8) is 0 Å². The molecule has 0 saturated carbocycles. The maximum atomic E-state index is 12.6. The number of methoxy groups -OCH3 is 1. The summed E-state index contributed by atoms with van der Waals surface area (Å²) in [5.41, 5.74) is 2.87. The van der Waals surface area contributed by atoms with E-state index in [2.05, 4.69) is 27.2 Å². The normalized spacial score (nSPS) is 20.9. The van der Waals surface area contributed by atoms with Gasteiger partial charge in [0.2, 0.25) is 0 Å². The number of ether oxygens (including phenoxy) is 2. The third kappa shape index (κ3) is 4.36. The molecule has 1 amide bonds. The van der Waals surface area contributed by atoms with Crippen molar-refractivity contribution in [3.8, 4) is 5.75 Å². The maximum absolute atomic E-state index is 12.6. The Labute approximate surface area is 165 Å². The van der Waals surface area contributed by atoms with Crippen LogP contribution in [0.2, 0.25) is 0 Å². The second-order valence-corrected chi connectivity index (χ2v) is 7.54. The minimum Gasteiger partial charge on any atom is -0.497 e. The van der Waals surface area contributed by atoms with Crippen LogP contribution in [0.15, 0.2) is 30.3 Å². The quantitative estimate of drug-likeness (QED) is 0.856. The number of aromatic amines is 1. The minimum absolute atomic E-state index is 0.00306. The molecule has 2 fully saturated rings. The first-order valence-electron chi connectivity index (χ1n) is 10.0. The lowest BCUT2D eigenvalue weighted by Gasteiger charge is -2.32. The Balaban J connectivity index is 1.37. The van der Waals surface area contributed by atoms with Gasteiger partial charge in [0, 0.05) is 37.8 Å². The Morgan fingerprint density at radius 1 is 1.25 bits per heavy atom. The van der Waals surface area contributed by atoms with Crippen molar-refractivity contribution in [2.75, 3.05) is 46.5 Å². The summed E-state index contributed by atoms with van der Waals surface area (Å²) in [6.07, 6.45) is 2.26. The third-order valence-corrected chi connectivity index (χ3v) is 5.63. The number of carbonyl (C=O) groups is 1. The molecule has 3 heterocycles. The Kier molecular flexibility index (Phi) is 5.92. The van der Waals surface area contributed by atoms with Gasteiger partial charge in [-0.05, 0) is 43.1 Å². The topological polar surface area (TPSA) is 70.7 Å². The highest BCUT2D eigenvalue weighted by atomic mass is 16.5. The van der Waals surface area contributed by atoms with Crippen LogP contribution in [0.3, 0.4) is 0 Å². The van der Waals surface area contributed by atoms with Crippen molar-refractivity contribution in [2.24, 2.45) is 0 Å². The molecule has 0 spiro atoms. The number of amides is 1. The van der Waals surface area contributed by atoms with E-state index in [4.69, 9.17) is 9.47 Å². The average molecular weight is 384 g/mol. The number of nitrogens with one attached hydrogen (secondary N) is 1. The van der Waals surface area contributed by atoms with Gasteiger partial charge in [0.25, 0.3) is 5.91 Å². The first-order valence-corrected chi connectivity index (χ1v) is 10.0. The Morgan fingerprint density at radius 2 is 2.04 bits per heavy atom. The number of H-pyrrole nitrogens is 1. The average Bonchev–Trinajstić information content (AvgIpc) is 3.25. The third-order valence-electron chi connectivity index (χ3n) is 5.63.